The van der Waals surface area contributed by atoms with E-state index in [2.05, 4.69) is 5.32 Å². The molecule has 0 aliphatic carbocycles. The molecule has 2 aromatic carbocycles. The molecule has 2 unspecified atom stereocenters. The molecule has 3 atom stereocenters. The second kappa shape index (κ2) is 12.3. The Morgan fingerprint density at radius 2 is 1.36 bits per heavy atom. The minimum absolute atomic E-state index is 0.227. The number of carbonyl (C=O) groups is 2. The van der Waals surface area contributed by atoms with Crippen LogP contribution in [0.15, 0.2) is 48.5 Å². The first kappa shape index (κ1) is 29.2. The zero-order chi connectivity index (χ0) is 27.1. The molecule has 0 bridgehead atoms. The number of halogens is 2. The molecule has 0 aliphatic rings. The molecule has 1 amide bonds. The molecule has 1 N–H and O–H groups in total. The topological polar surface area (TPSA) is 73.9 Å². The third kappa shape index (κ3) is 9.57. The van der Waals surface area contributed by atoms with E-state index in [0.29, 0.717) is 6.42 Å². The van der Waals surface area contributed by atoms with Crippen molar-refractivity contribution in [1.29, 1.82) is 0 Å². The van der Waals surface area contributed by atoms with Crippen molar-refractivity contribution in [2.24, 2.45) is 5.92 Å². The Morgan fingerprint density at radius 3 is 1.86 bits per heavy atom. The van der Waals surface area contributed by atoms with Crippen LogP contribution in [0.5, 0.6) is 0 Å². The number of alkyl carbamates (subject to hydrolysis) is 1. The second-order valence-electron chi connectivity index (χ2n) is 10.5. The lowest BCUT2D eigenvalue weighted by atomic mass is 9.81. The molecule has 0 saturated heterocycles. The highest BCUT2D eigenvalue weighted by Gasteiger charge is 2.37. The normalized spacial score (nSPS) is 14.5. The molecular weight excluding hydrogens is 468 g/mol. The third-order valence-corrected chi connectivity index (χ3v) is 5.74. The van der Waals surface area contributed by atoms with Crippen LogP contribution in [0.3, 0.4) is 0 Å². The zero-order valence-corrected chi connectivity index (χ0v) is 22.1. The van der Waals surface area contributed by atoms with E-state index in [1.165, 1.54) is 31.2 Å². The van der Waals surface area contributed by atoms with E-state index in [-0.39, 0.29) is 24.2 Å². The van der Waals surface area contributed by atoms with Gasteiger partial charge in [0.25, 0.3) is 0 Å². The highest BCUT2D eigenvalue weighted by atomic mass is 19.1. The number of amides is 1. The van der Waals surface area contributed by atoms with E-state index in [1.807, 2.05) is 13.8 Å². The van der Waals surface area contributed by atoms with Crippen LogP contribution in [0.25, 0.3) is 0 Å². The summed E-state index contributed by atoms with van der Waals surface area (Å²) < 4.78 is 43.9. The fourth-order valence-electron chi connectivity index (χ4n) is 3.72. The Balaban J connectivity index is 2.15. The van der Waals surface area contributed by atoms with E-state index in [9.17, 15) is 18.4 Å². The van der Waals surface area contributed by atoms with Gasteiger partial charge in [-0.1, -0.05) is 24.3 Å². The summed E-state index contributed by atoms with van der Waals surface area (Å²) in [6, 6.07) is 11.2. The van der Waals surface area contributed by atoms with Gasteiger partial charge in [-0.05, 0) is 90.3 Å². The van der Waals surface area contributed by atoms with Gasteiger partial charge < -0.3 is 19.5 Å². The van der Waals surface area contributed by atoms with Gasteiger partial charge in [0.05, 0.1) is 12.2 Å². The Kier molecular flexibility index (Phi) is 9.99. The van der Waals surface area contributed by atoms with E-state index in [0.717, 1.165) is 11.1 Å². The van der Waals surface area contributed by atoms with Gasteiger partial charge in [-0.3, -0.25) is 0 Å². The summed E-state index contributed by atoms with van der Waals surface area (Å²) in [5.41, 5.74) is 0.157. The number of benzene rings is 2. The molecule has 36 heavy (non-hydrogen) atoms. The number of hydrogen-bond acceptors (Lipinski definition) is 5. The maximum Gasteiger partial charge on any atom is 0.408 e. The van der Waals surface area contributed by atoms with Crippen molar-refractivity contribution in [3.63, 3.8) is 0 Å². The van der Waals surface area contributed by atoms with Gasteiger partial charge in [0.1, 0.15) is 29.4 Å². The predicted octanol–water partition coefficient (Wildman–Crippen LogP) is 5.96. The molecule has 2 rings (SSSR count). The highest BCUT2D eigenvalue weighted by Crippen LogP contribution is 2.31. The third-order valence-electron chi connectivity index (χ3n) is 5.74. The molecule has 0 aromatic heterocycles. The van der Waals surface area contributed by atoms with Crippen LogP contribution in [-0.4, -0.2) is 35.4 Å². The molecule has 0 saturated carbocycles. The van der Waals surface area contributed by atoms with Gasteiger partial charge in [-0.2, -0.15) is 0 Å². The van der Waals surface area contributed by atoms with Gasteiger partial charge in [0, 0.05) is 5.92 Å². The summed E-state index contributed by atoms with van der Waals surface area (Å²) in [5.74, 6) is -1.63. The van der Waals surface area contributed by atoms with Crippen LogP contribution >= 0.6 is 0 Å². The van der Waals surface area contributed by atoms with Gasteiger partial charge in [0.15, 0.2) is 0 Å². The number of nitrogens with one attached hydrogen (secondary N) is 1. The fourth-order valence-corrected chi connectivity index (χ4v) is 3.72. The lowest BCUT2D eigenvalue weighted by Gasteiger charge is -2.38. The molecule has 0 radical (unpaired) electrons. The Labute approximate surface area is 212 Å². The Morgan fingerprint density at radius 1 is 0.861 bits per heavy atom. The monoisotopic (exact) mass is 505 g/mol. The van der Waals surface area contributed by atoms with Crippen molar-refractivity contribution < 1.29 is 32.6 Å². The quantitative estimate of drug-likeness (QED) is 0.403. The molecule has 2 aromatic rings. The summed E-state index contributed by atoms with van der Waals surface area (Å²) >= 11 is 0. The van der Waals surface area contributed by atoms with Crippen molar-refractivity contribution in [2.45, 2.75) is 84.8 Å². The lowest BCUT2D eigenvalue weighted by molar-refractivity contribution is -0.162. The number of ether oxygens (including phenoxy) is 3. The molecule has 198 valence electrons. The van der Waals surface area contributed by atoms with E-state index in [4.69, 9.17) is 14.2 Å². The van der Waals surface area contributed by atoms with Crippen molar-refractivity contribution >= 4 is 12.1 Å². The zero-order valence-electron chi connectivity index (χ0n) is 22.1. The molecular formula is C28H37F2NO5. The van der Waals surface area contributed by atoms with Gasteiger partial charge in [0.2, 0.25) is 0 Å². The highest BCUT2D eigenvalue weighted by molar-refractivity contribution is 5.81. The van der Waals surface area contributed by atoms with E-state index >= 15 is 0 Å². The van der Waals surface area contributed by atoms with Crippen LogP contribution in [0.1, 0.15) is 59.6 Å². The number of rotatable bonds is 10. The van der Waals surface area contributed by atoms with Crippen LogP contribution in [0, 0.1) is 17.6 Å². The van der Waals surface area contributed by atoms with Gasteiger partial charge >= 0.3 is 12.1 Å². The molecule has 0 aliphatic heterocycles. The van der Waals surface area contributed by atoms with Gasteiger partial charge in [-0.25, -0.2) is 18.4 Å². The smallest absolute Gasteiger partial charge is 0.408 e. The molecule has 8 heteroatoms. The molecule has 0 spiro atoms. The first-order chi connectivity index (χ1) is 16.7. The van der Waals surface area contributed by atoms with Crippen molar-refractivity contribution in [3.8, 4) is 0 Å². The van der Waals surface area contributed by atoms with E-state index < -0.39 is 35.4 Å². The predicted molar refractivity (Wildman–Crippen MR) is 133 cm³/mol. The molecule has 6 nitrogen and oxygen atoms in total. The van der Waals surface area contributed by atoms with Crippen LogP contribution in [0.2, 0.25) is 0 Å². The van der Waals surface area contributed by atoms with Crippen molar-refractivity contribution in [3.05, 3.63) is 71.3 Å². The summed E-state index contributed by atoms with van der Waals surface area (Å²) in [7, 11) is 0. The minimum Gasteiger partial charge on any atom is -0.461 e. The second-order valence-corrected chi connectivity index (χ2v) is 10.5. The summed E-state index contributed by atoms with van der Waals surface area (Å²) in [6.45, 7) is 12.5. The first-order valence-electron chi connectivity index (χ1n) is 12.0. The fraction of sp³-hybridized carbons (Fsp3) is 0.500. The molecule has 0 fully saturated rings. The van der Waals surface area contributed by atoms with Gasteiger partial charge in [-0.15, -0.1) is 0 Å². The van der Waals surface area contributed by atoms with Crippen LogP contribution < -0.4 is 5.32 Å². The minimum atomic E-state index is -0.933. The maximum atomic E-state index is 13.5. The SMILES string of the molecule is CC(OC(=O)[C@H](C)NC(=O)OC(C)(C)C)C(Cc1ccc(F)cc1)C(C)(C)OCc1ccc(F)cc1. The summed E-state index contributed by atoms with van der Waals surface area (Å²) in [4.78, 5) is 24.8. The Bertz CT molecular complexity index is 1000. The standard InChI is InChI=1S/C28H37F2NO5/c1-18(31-26(33)36-27(3,4)5)25(32)35-19(2)24(16-20-8-12-22(29)13-9-20)28(6,7)34-17-21-10-14-23(30)15-11-21/h8-15,18-19,24H,16-17H2,1-7H3,(H,31,33)/t18-,19?,24?/m0/s1. The lowest BCUT2D eigenvalue weighted by Crippen LogP contribution is -2.47. The first-order valence-corrected chi connectivity index (χ1v) is 12.0. The summed E-state index contributed by atoms with van der Waals surface area (Å²) in [5, 5.41) is 2.49. The summed E-state index contributed by atoms with van der Waals surface area (Å²) in [6.07, 6.45) is -0.891. The van der Waals surface area contributed by atoms with Crippen molar-refractivity contribution in [1.82, 2.24) is 5.32 Å². The average molecular weight is 506 g/mol. The number of esters is 1. The van der Waals surface area contributed by atoms with Crippen molar-refractivity contribution in [2.75, 3.05) is 0 Å². The molecule has 0 heterocycles. The Hall–Kier alpha value is -3.00. The average Bonchev–Trinajstić information content (AvgIpc) is 2.76. The maximum absolute atomic E-state index is 13.5. The largest absolute Gasteiger partial charge is 0.461 e. The van der Waals surface area contributed by atoms with Crippen LogP contribution in [0.4, 0.5) is 13.6 Å². The van der Waals surface area contributed by atoms with E-state index in [1.54, 1.807) is 52.0 Å². The number of hydrogen-bond donors (Lipinski definition) is 1. The number of carbonyl (C=O) groups excluding carboxylic acids is 2. The van der Waals surface area contributed by atoms with Crippen LogP contribution in [-0.2, 0) is 32.0 Å².